The SMILES string of the molecule is Cc1coc(NS(=O)(=O)c2ccc(CN)s2)n1. The number of oxazole rings is 1. The molecule has 0 saturated carbocycles. The smallest absolute Gasteiger partial charge is 0.309 e. The molecule has 0 aliphatic carbocycles. The zero-order valence-electron chi connectivity index (χ0n) is 9.00. The molecular weight excluding hydrogens is 262 g/mol. The van der Waals surface area contributed by atoms with Crippen molar-refractivity contribution in [3.8, 4) is 0 Å². The molecule has 2 aromatic heterocycles. The van der Waals surface area contributed by atoms with Gasteiger partial charge in [0.05, 0.1) is 5.69 Å². The molecule has 2 heterocycles. The molecule has 3 N–H and O–H groups in total. The predicted octanol–water partition coefficient (Wildman–Crippen LogP) is 1.30. The summed E-state index contributed by atoms with van der Waals surface area (Å²) in [6, 6.07) is 3.15. The normalized spacial score (nSPS) is 11.6. The van der Waals surface area contributed by atoms with Crippen LogP contribution < -0.4 is 10.5 Å². The average Bonchev–Trinajstić information content (AvgIpc) is 2.86. The van der Waals surface area contributed by atoms with Crippen LogP contribution in [0.1, 0.15) is 10.6 Å². The van der Waals surface area contributed by atoms with Gasteiger partial charge in [-0.3, -0.25) is 0 Å². The van der Waals surface area contributed by atoms with Crippen LogP contribution in [0.3, 0.4) is 0 Å². The number of aromatic nitrogens is 1. The lowest BCUT2D eigenvalue weighted by atomic mass is 10.5. The number of thiophene rings is 1. The van der Waals surface area contributed by atoms with Gasteiger partial charge in [0.25, 0.3) is 10.0 Å². The van der Waals surface area contributed by atoms with E-state index in [1.54, 1.807) is 13.0 Å². The van der Waals surface area contributed by atoms with E-state index in [-0.39, 0.29) is 10.2 Å². The number of rotatable bonds is 4. The Kier molecular flexibility index (Phi) is 3.18. The summed E-state index contributed by atoms with van der Waals surface area (Å²) in [5.41, 5.74) is 6.03. The maximum absolute atomic E-state index is 11.9. The molecule has 2 aromatic rings. The van der Waals surface area contributed by atoms with Gasteiger partial charge < -0.3 is 10.2 Å². The van der Waals surface area contributed by atoms with Gasteiger partial charge in [0.15, 0.2) is 0 Å². The lowest BCUT2D eigenvalue weighted by molar-refractivity contribution is 0.570. The molecule has 0 aromatic carbocycles. The second-order valence-electron chi connectivity index (χ2n) is 3.32. The summed E-state index contributed by atoms with van der Waals surface area (Å²) in [5.74, 6) is 0. The van der Waals surface area contributed by atoms with Crippen LogP contribution in [0, 0.1) is 6.92 Å². The first-order valence-corrected chi connectivity index (χ1v) is 7.05. The number of hydrogen-bond donors (Lipinski definition) is 2. The van der Waals surface area contributed by atoms with Crippen LogP contribution in [0.5, 0.6) is 0 Å². The minimum absolute atomic E-state index is 0.0369. The van der Waals surface area contributed by atoms with Crippen molar-refractivity contribution in [2.75, 3.05) is 4.72 Å². The van der Waals surface area contributed by atoms with E-state index in [9.17, 15) is 8.42 Å². The van der Waals surface area contributed by atoms with Crippen molar-refractivity contribution in [1.82, 2.24) is 4.98 Å². The van der Waals surface area contributed by atoms with E-state index in [0.717, 1.165) is 16.2 Å². The number of sulfonamides is 1. The molecule has 0 unspecified atom stereocenters. The number of nitrogens with zero attached hydrogens (tertiary/aromatic N) is 1. The zero-order chi connectivity index (χ0) is 12.5. The highest BCUT2D eigenvalue weighted by molar-refractivity contribution is 7.94. The number of nitrogens with one attached hydrogen (secondary N) is 1. The minimum Gasteiger partial charge on any atom is -0.431 e. The Balaban J connectivity index is 2.24. The Labute approximate surface area is 103 Å². The Bertz CT molecular complexity index is 615. The maximum Gasteiger partial charge on any atom is 0.309 e. The van der Waals surface area contributed by atoms with Crippen molar-refractivity contribution in [3.63, 3.8) is 0 Å². The van der Waals surface area contributed by atoms with Crippen molar-refractivity contribution in [3.05, 3.63) is 29.0 Å². The Morgan fingerprint density at radius 1 is 1.53 bits per heavy atom. The van der Waals surface area contributed by atoms with Crippen molar-refractivity contribution in [1.29, 1.82) is 0 Å². The molecule has 0 saturated heterocycles. The number of anilines is 1. The first kappa shape index (κ1) is 12.1. The summed E-state index contributed by atoms with van der Waals surface area (Å²) < 4.78 is 31.2. The number of nitrogens with two attached hydrogens (primary N) is 1. The second kappa shape index (κ2) is 4.47. The monoisotopic (exact) mass is 273 g/mol. The van der Waals surface area contributed by atoms with E-state index in [4.69, 9.17) is 10.2 Å². The van der Waals surface area contributed by atoms with Gasteiger partial charge in [-0.05, 0) is 19.1 Å². The largest absolute Gasteiger partial charge is 0.431 e. The van der Waals surface area contributed by atoms with Crippen LogP contribution in [-0.4, -0.2) is 13.4 Å². The van der Waals surface area contributed by atoms with Gasteiger partial charge in [-0.25, -0.2) is 13.1 Å². The fourth-order valence-corrected chi connectivity index (χ4v) is 3.35. The molecule has 0 aliphatic rings. The van der Waals surface area contributed by atoms with E-state index < -0.39 is 10.0 Å². The van der Waals surface area contributed by atoms with Crippen molar-refractivity contribution >= 4 is 27.4 Å². The highest BCUT2D eigenvalue weighted by Gasteiger charge is 2.18. The maximum atomic E-state index is 11.9. The summed E-state index contributed by atoms with van der Waals surface area (Å²) in [6.07, 6.45) is 1.37. The van der Waals surface area contributed by atoms with Crippen LogP contribution in [0.4, 0.5) is 6.01 Å². The molecule has 0 spiro atoms. The molecule has 0 radical (unpaired) electrons. The summed E-state index contributed by atoms with van der Waals surface area (Å²) in [6.45, 7) is 2.03. The van der Waals surface area contributed by atoms with Gasteiger partial charge in [0, 0.05) is 11.4 Å². The van der Waals surface area contributed by atoms with Crippen molar-refractivity contribution < 1.29 is 12.8 Å². The fraction of sp³-hybridized carbons (Fsp3) is 0.222. The molecule has 0 fully saturated rings. The summed E-state index contributed by atoms with van der Waals surface area (Å²) in [4.78, 5) is 4.67. The topological polar surface area (TPSA) is 98.2 Å². The molecular formula is C9H11N3O3S2. The summed E-state index contributed by atoms with van der Waals surface area (Å²) in [5, 5.41) is 0. The van der Waals surface area contributed by atoms with Crippen LogP contribution in [0.2, 0.25) is 0 Å². The van der Waals surface area contributed by atoms with E-state index in [1.807, 2.05) is 0 Å². The van der Waals surface area contributed by atoms with E-state index in [0.29, 0.717) is 12.2 Å². The van der Waals surface area contributed by atoms with Crippen molar-refractivity contribution in [2.24, 2.45) is 5.73 Å². The standard InChI is InChI=1S/C9H11N3O3S2/c1-6-5-15-9(11-6)12-17(13,14)8-3-2-7(4-10)16-8/h2-3,5H,4,10H2,1H3,(H,11,12). The first-order chi connectivity index (χ1) is 8.01. The molecule has 92 valence electrons. The Morgan fingerprint density at radius 3 is 2.82 bits per heavy atom. The third-order valence-corrected chi connectivity index (χ3v) is 4.86. The third-order valence-electron chi connectivity index (χ3n) is 1.94. The predicted molar refractivity (Wildman–Crippen MR) is 64.3 cm³/mol. The third kappa shape index (κ3) is 2.65. The quantitative estimate of drug-likeness (QED) is 0.875. The van der Waals surface area contributed by atoms with Crippen LogP contribution >= 0.6 is 11.3 Å². The Hall–Kier alpha value is -1.38. The number of aryl methyl sites for hydroxylation is 1. The molecule has 0 aliphatic heterocycles. The molecule has 2 rings (SSSR count). The van der Waals surface area contributed by atoms with Gasteiger partial charge in [0.2, 0.25) is 0 Å². The van der Waals surface area contributed by atoms with Crippen molar-refractivity contribution in [2.45, 2.75) is 17.7 Å². The molecule has 0 amide bonds. The van der Waals surface area contributed by atoms with Crippen LogP contribution in [-0.2, 0) is 16.6 Å². The highest BCUT2D eigenvalue weighted by atomic mass is 32.2. The van der Waals surface area contributed by atoms with E-state index >= 15 is 0 Å². The fourth-order valence-electron chi connectivity index (χ4n) is 1.18. The van der Waals surface area contributed by atoms with Crippen LogP contribution in [0.15, 0.2) is 27.0 Å². The summed E-state index contributed by atoms with van der Waals surface area (Å²) >= 11 is 1.12. The van der Waals surface area contributed by atoms with Gasteiger partial charge >= 0.3 is 6.01 Å². The second-order valence-corrected chi connectivity index (χ2v) is 6.40. The zero-order valence-corrected chi connectivity index (χ0v) is 10.6. The first-order valence-electron chi connectivity index (χ1n) is 4.75. The lowest BCUT2D eigenvalue weighted by Gasteiger charge is -2.00. The molecule has 6 nitrogen and oxygen atoms in total. The van der Waals surface area contributed by atoms with Gasteiger partial charge in [-0.1, -0.05) is 0 Å². The van der Waals surface area contributed by atoms with Gasteiger partial charge in [-0.15, -0.1) is 11.3 Å². The molecule has 8 heteroatoms. The average molecular weight is 273 g/mol. The van der Waals surface area contributed by atoms with Gasteiger partial charge in [-0.2, -0.15) is 4.98 Å². The molecule has 0 bridgehead atoms. The minimum atomic E-state index is -3.63. The lowest BCUT2D eigenvalue weighted by Crippen LogP contribution is -2.11. The Morgan fingerprint density at radius 2 is 2.29 bits per heavy atom. The molecule has 17 heavy (non-hydrogen) atoms. The van der Waals surface area contributed by atoms with Crippen LogP contribution in [0.25, 0.3) is 0 Å². The highest BCUT2D eigenvalue weighted by Crippen LogP contribution is 2.23. The van der Waals surface area contributed by atoms with Gasteiger partial charge in [0.1, 0.15) is 10.5 Å². The van der Waals surface area contributed by atoms with E-state index in [2.05, 4.69) is 9.71 Å². The number of hydrogen-bond acceptors (Lipinski definition) is 6. The summed E-state index contributed by atoms with van der Waals surface area (Å²) in [7, 11) is -3.63. The van der Waals surface area contributed by atoms with E-state index in [1.165, 1.54) is 12.3 Å². The molecule has 0 atom stereocenters.